The number of amides is 1. The lowest BCUT2D eigenvalue weighted by Crippen LogP contribution is -2.39. The van der Waals surface area contributed by atoms with Gasteiger partial charge in [0.1, 0.15) is 0 Å². The van der Waals surface area contributed by atoms with Gasteiger partial charge in [0.2, 0.25) is 0 Å². The van der Waals surface area contributed by atoms with Gasteiger partial charge in [-0.2, -0.15) is 0 Å². The first kappa shape index (κ1) is 19.4. The maximum absolute atomic E-state index is 11.1. The first-order valence-electron chi connectivity index (χ1n) is 8.07. The van der Waals surface area contributed by atoms with E-state index in [1.54, 1.807) is 5.48 Å². The summed E-state index contributed by atoms with van der Waals surface area (Å²) in [6, 6.07) is -0.604. The summed E-state index contributed by atoms with van der Waals surface area (Å²) in [6.45, 7) is 7.69. The van der Waals surface area contributed by atoms with Crippen LogP contribution < -0.4 is 11.2 Å². The molecule has 20 heavy (non-hydrogen) atoms. The molecule has 4 N–H and O–H groups in total. The molecule has 120 valence electrons. The van der Waals surface area contributed by atoms with Crippen LogP contribution in [0.5, 0.6) is 0 Å². The Morgan fingerprint density at radius 1 is 1.05 bits per heavy atom. The molecule has 0 bridgehead atoms. The lowest BCUT2D eigenvalue weighted by molar-refractivity contribution is -0.130. The number of hydrogen-bond acceptors (Lipinski definition) is 4. The Bertz CT molecular complexity index is 227. The lowest BCUT2D eigenvalue weighted by atomic mass is 10.1. The predicted molar refractivity (Wildman–Crippen MR) is 82.6 cm³/mol. The van der Waals surface area contributed by atoms with E-state index in [4.69, 9.17) is 10.9 Å². The van der Waals surface area contributed by atoms with Crippen LogP contribution in [0.2, 0.25) is 0 Å². The Hall–Kier alpha value is -0.650. The van der Waals surface area contributed by atoms with Crippen molar-refractivity contribution in [1.82, 2.24) is 10.4 Å². The molecule has 0 aromatic heterocycles. The number of carbonyl (C=O) groups excluding carboxylic acids is 1. The standard InChI is InChI=1S/C15H33N3O2/c1-3-5-7-11-18(12-8-6-4-2)13-9-10-14(16)15(19)17-20/h14,20H,3-13,16H2,1-2H3,(H,17,19)/t14-/m0/s1. The molecule has 0 aromatic carbocycles. The average molecular weight is 287 g/mol. The molecule has 0 saturated carbocycles. The van der Waals surface area contributed by atoms with Gasteiger partial charge in [-0.1, -0.05) is 39.5 Å². The average Bonchev–Trinajstić information content (AvgIpc) is 2.46. The molecule has 0 fully saturated rings. The summed E-state index contributed by atoms with van der Waals surface area (Å²) in [7, 11) is 0. The van der Waals surface area contributed by atoms with Gasteiger partial charge in [0.25, 0.3) is 5.91 Å². The fourth-order valence-electron chi connectivity index (χ4n) is 2.26. The first-order chi connectivity index (χ1) is 9.65. The predicted octanol–water partition coefficient (Wildman–Crippen LogP) is 2.28. The van der Waals surface area contributed by atoms with Gasteiger partial charge < -0.3 is 10.6 Å². The second-order valence-electron chi connectivity index (χ2n) is 5.48. The third-order valence-electron chi connectivity index (χ3n) is 3.59. The Kier molecular flexibility index (Phi) is 12.9. The number of rotatable bonds is 13. The number of carbonyl (C=O) groups is 1. The largest absolute Gasteiger partial charge is 0.320 e. The SMILES string of the molecule is CCCCCN(CCCCC)CCC[C@H](N)C(=O)NO. The molecule has 1 amide bonds. The van der Waals surface area contributed by atoms with E-state index >= 15 is 0 Å². The molecule has 0 aliphatic heterocycles. The quantitative estimate of drug-likeness (QED) is 0.276. The van der Waals surface area contributed by atoms with Gasteiger partial charge in [-0.15, -0.1) is 0 Å². The minimum Gasteiger partial charge on any atom is -0.320 e. The molecule has 0 radical (unpaired) electrons. The highest BCUT2D eigenvalue weighted by Gasteiger charge is 2.12. The molecule has 0 aromatic rings. The smallest absolute Gasteiger partial charge is 0.260 e. The van der Waals surface area contributed by atoms with Gasteiger partial charge in [0, 0.05) is 0 Å². The summed E-state index contributed by atoms with van der Waals surface area (Å²) >= 11 is 0. The van der Waals surface area contributed by atoms with E-state index in [2.05, 4.69) is 18.7 Å². The van der Waals surface area contributed by atoms with E-state index in [1.165, 1.54) is 38.5 Å². The van der Waals surface area contributed by atoms with Crippen LogP contribution in [0.3, 0.4) is 0 Å². The highest BCUT2D eigenvalue weighted by Crippen LogP contribution is 2.05. The second kappa shape index (κ2) is 13.3. The maximum atomic E-state index is 11.1. The number of nitrogens with one attached hydrogen (secondary N) is 1. The lowest BCUT2D eigenvalue weighted by Gasteiger charge is -2.22. The van der Waals surface area contributed by atoms with Gasteiger partial charge in [-0.05, 0) is 45.3 Å². The van der Waals surface area contributed by atoms with E-state index < -0.39 is 11.9 Å². The molecule has 5 nitrogen and oxygen atoms in total. The monoisotopic (exact) mass is 287 g/mol. The van der Waals surface area contributed by atoms with E-state index in [-0.39, 0.29) is 0 Å². The molecule has 0 aliphatic rings. The second-order valence-corrected chi connectivity index (χ2v) is 5.48. The van der Waals surface area contributed by atoms with Crippen molar-refractivity contribution in [2.45, 2.75) is 71.3 Å². The van der Waals surface area contributed by atoms with Crippen LogP contribution in [0.15, 0.2) is 0 Å². The van der Waals surface area contributed by atoms with Crippen LogP contribution in [0.1, 0.15) is 65.2 Å². The van der Waals surface area contributed by atoms with Crippen molar-refractivity contribution in [1.29, 1.82) is 0 Å². The van der Waals surface area contributed by atoms with Crippen LogP contribution in [-0.2, 0) is 4.79 Å². The summed E-state index contributed by atoms with van der Waals surface area (Å²) in [6.07, 6.45) is 9.02. The fraction of sp³-hybridized carbons (Fsp3) is 0.933. The van der Waals surface area contributed by atoms with Crippen LogP contribution >= 0.6 is 0 Å². The van der Waals surface area contributed by atoms with E-state index in [9.17, 15) is 4.79 Å². The Morgan fingerprint density at radius 3 is 2.00 bits per heavy atom. The number of nitrogens with two attached hydrogens (primary N) is 1. The molecule has 0 unspecified atom stereocenters. The van der Waals surface area contributed by atoms with E-state index in [0.29, 0.717) is 6.42 Å². The summed E-state index contributed by atoms with van der Waals surface area (Å²) in [4.78, 5) is 13.6. The summed E-state index contributed by atoms with van der Waals surface area (Å²) in [5.74, 6) is -0.492. The Morgan fingerprint density at radius 2 is 1.55 bits per heavy atom. The summed E-state index contributed by atoms with van der Waals surface area (Å²) < 4.78 is 0. The van der Waals surface area contributed by atoms with E-state index in [0.717, 1.165) is 26.1 Å². The van der Waals surface area contributed by atoms with Crippen molar-refractivity contribution in [2.24, 2.45) is 5.73 Å². The van der Waals surface area contributed by atoms with Gasteiger partial charge in [-0.25, -0.2) is 5.48 Å². The Labute approximate surface area is 123 Å². The summed E-state index contributed by atoms with van der Waals surface area (Å²) in [5.41, 5.74) is 7.28. The maximum Gasteiger partial charge on any atom is 0.260 e. The molecule has 0 spiro atoms. The molecule has 0 saturated heterocycles. The minimum atomic E-state index is -0.604. The van der Waals surface area contributed by atoms with Crippen molar-refractivity contribution in [3.8, 4) is 0 Å². The van der Waals surface area contributed by atoms with Crippen LogP contribution in [0.4, 0.5) is 0 Å². The molecular weight excluding hydrogens is 254 g/mol. The van der Waals surface area contributed by atoms with Crippen molar-refractivity contribution in [2.75, 3.05) is 19.6 Å². The fourth-order valence-corrected chi connectivity index (χ4v) is 2.26. The molecule has 0 heterocycles. The van der Waals surface area contributed by atoms with Crippen LogP contribution in [0.25, 0.3) is 0 Å². The van der Waals surface area contributed by atoms with Gasteiger partial charge in [-0.3, -0.25) is 10.0 Å². The van der Waals surface area contributed by atoms with Crippen molar-refractivity contribution in [3.05, 3.63) is 0 Å². The highest BCUT2D eigenvalue weighted by molar-refractivity contribution is 5.80. The number of nitrogens with zero attached hydrogens (tertiary/aromatic N) is 1. The first-order valence-corrected chi connectivity index (χ1v) is 8.07. The summed E-state index contributed by atoms with van der Waals surface area (Å²) in [5, 5.41) is 8.51. The van der Waals surface area contributed by atoms with Crippen LogP contribution in [0, 0.1) is 0 Å². The third kappa shape index (κ3) is 10.2. The molecule has 0 rings (SSSR count). The molecule has 1 atom stereocenters. The zero-order chi connectivity index (χ0) is 15.2. The van der Waals surface area contributed by atoms with Crippen molar-refractivity contribution < 1.29 is 10.0 Å². The molecular formula is C15H33N3O2. The topological polar surface area (TPSA) is 78.6 Å². The minimum absolute atomic E-state index is 0.492. The zero-order valence-corrected chi connectivity index (χ0v) is 13.2. The highest BCUT2D eigenvalue weighted by atomic mass is 16.5. The van der Waals surface area contributed by atoms with Gasteiger partial charge in [0.05, 0.1) is 6.04 Å². The number of hydrogen-bond donors (Lipinski definition) is 3. The van der Waals surface area contributed by atoms with Crippen LogP contribution in [-0.4, -0.2) is 41.7 Å². The van der Waals surface area contributed by atoms with Crippen molar-refractivity contribution in [3.63, 3.8) is 0 Å². The van der Waals surface area contributed by atoms with Crippen molar-refractivity contribution >= 4 is 5.91 Å². The molecule has 5 heteroatoms. The van der Waals surface area contributed by atoms with E-state index in [1.807, 2.05) is 0 Å². The van der Waals surface area contributed by atoms with Gasteiger partial charge >= 0.3 is 0 Å². The number of hydroxylamine groups is 1. The molecule has 0 aliphatic carbocycles. The van der Waals surface area contributed by atoms with Gasteiger partial charge in [0.15, 0.2) is 0 Å². The number of unbranched alkanes of at least 4 members (excludes halogenated alkanes) is 4. The normalized spacial score (nSPS) is 12.7. The Balaban J connectivity index is 3.90. The third-order valence-corrected chi connectivity index (χ3v) is 3.59. The zero-order valence-electron chi connectivity index (χ0n) is 13.2.